The van der Waals surface area contributed by atoms with E-state index < -0.39 is 5.97 Å². The van der Waals surface area contributed by atoms with Crippen LogP contribution in [0.5, 0.6) is 0 Å². The fourth-order valence-electron chi connectivity index (χ4n) is 1.95. The van der Waals surface area contributed by atoms with E-state index in [2.05, 4.69) is 15.4 Å². The molecule has 0 amide bonds. The lowest BCUT2D eigenvalue weighted by atomic mass is 10.1. The Kier molecular flexibility index (Phi) is 3.50. The summed E-state index contributed by atoms with van der Waals surface area (Å²) in [6, 6.07) is 1.72. The SMILES string of the molecule is CCn1cc(Nc2cc(C)nc(C)c2C(=O)O)cn1. The molecule has 2 rings (SSSR count). The minimum Gasteiger partial charge on any atom is -0.478 e. The highest BCUT2D eigenvalue weighted by Gasteiger charge is 2.15. The van der Waals surface area contributed by atoms with E-state index in [0.29, 0.717) is 11.4 Å². The van der Waals surface area contributed by atoms with Gasteiger partial charge in [0.05, 0.1) is 23.3 Å². The van der Waals surface area contributed by atoms with Gasteiger partial charge >= 0.3 is 5.97 Å². The number of anilines is 2. The molecule has 0 radical (unpaired) electrons. The van der Waals surface area contributed by atoms with Crippen LogP contribution >= 0.6 is 0 Å². The number of carboxylic acids is 1. The number of nitrogens with zero attached hydrogens (tertiary/aromatic N) is 3. The molecule has 2 aromatic rings. The fraction of sp³-hybridized carbons (Fsp3) is 0.308. The average molecular weight is 260 g/mol. The molecule has 0 aromatic carbocycles. The van der Waals surface area contributed by atoms with Gasteiger partial charge in [-0.05, 0) is 26.8 Å². The number of nitrogens with one attached hydrogen (secondary N) is 1. The third-order valence-corrected chi connectivity index (χ3v) is 2.78. The summed E-state index contributed by atoms with van der Waals surface area (Å²) in [6.07, 6.45) is 3.50. The molecular weight excluding hydrogens is 244 g/mol. The smallest absolute Gasteiger partial charge is 0.339 e. The predicted octanol–water partition coefficient (Wildman–Crippen LogP) is 2.36. The van der Waals surface area contributed by atoms with Crippen molar-refractivity contribution in [1.82, 2.24) is 14.8 Å². The minimum absolute atomic E-state index is 0.190. The van der Waals surface area contributed by atoms with E-state index in [0.717, 1.165) is 17.9 Å². The number of rotatable bonds is 4. The number of hydrogen-bond acceptors (Lipinski definition) is 4. The number of hydrogen-bond donors (Lipinski definition) is 2. The molecule has 19 heavy (non-hydrogen) atoms. The summed E-state index contributed by atoms with van der Waals surface area (Å²) in [7, 11) is 0. The van der Waals surface area contributed by atoms with Crippen LogP contribution in [0.1, 0.15) is 28.7 Å². The van der Waals surface area contributed by atoms with Gasteiger partial charge in [-0.3, -0.25) is 9.67 Å². The molecule has 0 aliphatic rings. The Morgan fingerprint density at radius 3 is 2.79 bits per heavy atom. The Balaban J connectivity index is 2.40. The molecule has 0 unspecified atom stereocenters. The minimum atomic E-state index is -0.990. The zero-order valence-corrected chi connectivity index (χ0v) is 11.1. The number of carboxylic acid groups (broad SMARTS) is 1. The number of carbonyl (C=O) groups is 1. The molecule has 0 spiro atoms. The Morgan fingerprint density at radius 1 is 1.47 bits per heavy atom. The largest absolute Gasteiger partial charge is 0.478 e. The molecule has 6 nitrogen and oxygen atoms in total. The maximum Gasteiger partial charge on any atom is 0.339 e. The molecule has 2 heterocycles. The van der Waals surface area contributed by atoms with E-state index in [9.17, 15) is 9.90 Å². The molecule has 0 fully saturated rings. The fourth-order valence-corrected chi connectivity index (χ4v) is 1.95. The summed E-state index contributed by atoms with van der Waals surface area (Å²) >= 11 is 0. The predicted molar refractivity (Wildman–Crippen MR) is 71.9 cm³/mol. The monoisotopic (exact) mass is 260 g/mol. The lowest BCUT2D eigenvalue weighted by molar-refractivity contribution is 0.0696. The zero-order valence-electron chi connectivity index (χ0n) is 11.1. The number of aromatic carboxylic acids is 1. The lowest BCUT2D eigenvalue weighted by Crippen LogP contribution is -2.07. The van der Waals surface area contributed by atoms with Crippen LogP contribution in [0.2, 0.25) is 0 Å². The summed E-state index contributed by atoms with van der Waals surface area (Å²) in [6.45, 7) is 6.28. The van der Waals surface area contributed by atoms with Gasteiger partial charge in [-0.15, -0.1) is 0 Å². The van der Waals surface area contributed by atoms with E-state index in [1.807, 2.05) is 20.0 Å². The molecule has 2 N–H and O–H groups in total. The molecule has 0 bridgehead atoms. The zero-order chi connectivity index (χ0) is 14.0. The molecule has 2 aromatic heterocycles. The van der Waals surface area contributed by atoms with Crippen LogP contribution in [0.4, 0.5) is 11.4 Å². The third-order valence-electron chi connectivity index (χ3n) is 2.78. The van der Waals surface area contributed by atoms with E-state index in [4.69, 9.17) is 0 Å². The molecule has 0 aliphatic heterocycles. The average Bonchev–Trinajstić information content (AvgIpc) is 2.75. The summed E-state index contributed by atoms with van der Waals surface area (Å²) < 4.78 is 1.77. The maximum absolute atomic E-state index is 11.3. The molecule has 100 valence electrons. The van der Waals surface area contributed by atoms with Gasteiger partial charge in [0.2, 0.25) is 0 Å². The van der Waals surface area contributed by atoms with Crippen LogP contribution in [0.3, 0.4) is 0 Å². The summed E-state index contributed by atoms with van der Waals surface area (Å²) in [4.78, 5) is 15.5. The Bertz CT molecular complexity index is 619. The summed E-state index contributed by atoms with van der Waals surface area (Å²) in [5.41, 5.74) is 2.75. The lowest BCUT2D eigenvalue weighted by Gasteiger charge is -2.10. The van der Waals surface area contributed by atoms with Gasteiger partial charge in [-0.1, -0.05) is 0 Å². The van der Waals surface area contributed by atoms with Crippen molar-refractivity contribution < 1.29 is 9.90 Å². The second-order valence-corrected chi connectivity index (χ2v) is 4.29. The van der Waals surface area contributed by atoms with Crippen molar-refractivity contribution in [2.45, 2.75) is 27.3 Å². The quantitative estimate of drug-likeness (QED) is 0.882. The molecular formula is C13H16N4O2. The number of aryl methyl sites for hydroxylation is 3. The van der Waals surface area contributed by atoms with Crippen LogP contribution in [0, 0.1) is 13.8 Å². The summed E-state index contributed by atoms with van der Waals surface area (Å²) in [5, 5.41) is 16.5. The van der Waals surface area contributed by atoms with Gasteiger partial charge in [0.25, 0.3) is 0 Å². The molecule has 6 heteroatoms. The second kappa shape index (κ2) is 5.09. The van der Waals surface area contributed by atoms with Gasteiger partial charge < -0.3 is 10.4 Å². The third kappa shape index (κ3) is 2.73. The van der Waals surface area contributed by atoms with Gasteiger partial charge in [-0.25, -0.2) is 4.79 Å². The number of aromatic nitrogens is 3. The van der Waals surface area contributed by atoms with Gasteiger partial charge in [-0.2, -0.15) is 5.10 Å². The van der Waals surface area contributed by atoms with E-state index in [-0.39, 0.29) is 5.56 Å². The summed E-state index contributed by atoms with van der Waals surface area (Å²) in [5.74, 6) is -0.990. The molecule has 0 saturated carbocycles. The van der Waals surface area contributed by atoms with Crippen molar-refractivity contribution in [3.05, 3.63) is 35.4 Å². The van der Waals surface area contributed by atoms with Crippen LogP contribution in [0.25, 0.3) is 0 Å². The Labute approximate surface area is 111 Å². The van der Waals surface area contributed by atoms with Crippen molar-refractivity contribution >= 4 is 17.3 Å². The van der Waals surface area contributed by atoms with Crippen molar-refractivity contribution in [3.63, 3.8) is 0 Å². The van der Waals surface area contributed by atoms with E-state index >= 15 is 0 Å². The first-order valence-electron chi connectivity index (χ1n) is 6.02. The van der Waals surface area contributed by atoms with E-state index in [1.165, 1.54) is 0 Å². The normalized spacial score (nSPS) is 10.5. The van der Waals surface area contributed by atoms with Crippen molar-refractivity contribution in [2.75, 3.05) is 5.32 Å². The topological polar surface area (TPSA) is 80.0 Å². The first-order chi connectivity index (χ1) is 9.01. The first kappa shape index (κ1) is 13.1. The van der Waals surface area contributed by atoms with Crippen molar-refractivity contribution in [1.29, 1.82) is 0 Å². The highest BCUT2D eigenvalue weighted by atomic mass is 16.4. The van der Waals surface area contributed by atoms with Crippen LogP contribution < -0.4 is 5.32 Å². The Morgan fingerprint density at radius 2 is 2.21 bits per heavy atom. The first-order valence-corrected chi connectivity index (χ1v) is 6.02. The highest BCUT2D eigenvalue weighted by Crippen LogP contribution is 2.23. The number of pyridine rings is 1. The van der Waals surface area contributed by atoms with Crippen molar-refractivity contribution in [3.8, 4) is 0 Å². The molecule has 0 saturated heterocycles. The van der Waals surface area contributed by atoms with Gasteiger partial charge in [0, 0.05) is 18.4 Å². The standard InChI is InChI=1S/C13H16N4O2/c1-4-17-7-10(6-14-17)16-11-5-8(2)15-9(3)12(11)13(18)19/h5-7H,4H2,1-3H3,(H,15,16)(H,18,19). The van der Waals surface area contributed by atoms with Crippen LogP contribution in [-0.4, -0.2) is 25.8 Å². The maximum atomic E-state index is 11.3. The Hall–Kier alpha value is -2.37. The van der Waals surface area contributed by atoms with Gasteiger partial charge in [0.15, 0.2) is 0 Å². The van der Waals surface area contributed by atoms with Gasteiger partial charge in [0.1, 0.15) is 5.56 Å². The van der Waals surface area contributed by atoms with E-state index in [1.54, 1.807) is 23.9 Å². The highest BCUT2D eigenvalue weighted by molar-refractivity contribution is 5.96. The molecule has 0 aliphatic carbocycles. The van der Waals surface area contributed by atoms with Crippen LogP contribution in [0.15, 0.2) is 18.5 Å². The second-order valence-electron chi connectivity index (χ2n) is 4.29. The van der Waals surface area contributed by atoms with Crippen molar-refractivity contribution in [2.24, 2.45) is 0 Å². The van der Waals surface area contributed by atoms with Crippen LogP contribution in [-0.2, 0) is 6.54 Å². The molecule has 0 atom stereocenters.